The molecule has 0 saturated carbocycles. The third kappa shape index (κ3) is 2.30. The number of pyridine rings is 1. The van der Waals surface area contributed by atoms with Crippen LogP contribution in [0.25, 0.3) is 0 Å². The predicted octanol–water partition coefficient (Wildman–Crippen LogP) is 1.99. The summed E-state index contributed by atoms with van der Waals surface area (Å²) in [4.78, 5) is 3.27. The summed E-state index contributed by atoms with van der Waals surface area (Å²) in [6, 6.07) is 0.788. The van der Waals surface area contributed by atoms with E-state index in [4.69, 9.17) is 4.55 Å². The van der Waals surface area contributed by atoms with Gasteiger partial charge in [-0.1, -0.05) is 0 Å². The monoisotopic (exact) mass is 225 g/mol. The number of alkyl halides is 3. The van der Waals surface area contributed by atoms with E-state index in [1.54, 1.807) is 0 Å². The minimum Gasteiger partial charge on any atom is -0.301 e. The van der Waals surface area contributed by atoms with Gasteiger partial charge < -0.3 is 4.55 Å². The number of hydrogen-bond acceptors (Lipinski definition) is 2. The normalized spacial score (nSPS) is 14.1. The van der Waals surface area contributed by atoms with E-state index in [-0.39, 0.29) is 10.6 Å². The molecule has 0 amide bonds. The largest absolute Gasteiger partial charge is 0.417 e. The van der Waals surface area contributed by atoms with E-state index >= 15 is 0 Å². The summed E-state index contributed by atoms with van der Waals surface area (Å²) in [6.45, 7) is 1.30. The number of hydrogen-bond donors (Lipinski definition) is 1. The molecule has 0 aromatic carbocycles. The topological polar surface area (TPSA) is 50.2 Å². The van der Waals surface area contributed by atoms with E-state index in [1.165, 1.54) is 6.92 Å². The maximum absolute atomic E-state index is 12.1. The van der Waals surface area contributed by atoms with E-state index < -0.39 is 22.8 Å². The van der Waals surface area contributed by atoms with Crippen molar-refractivity contribution < 1.29 is 21.9 Å². The molecular weight excluding hydrogens is 219 g/mol. The molecule has 0 fully saturated rings. The Balaban J connectivity index is 3.20. The number of aromatic nitrogens is 1. The molecule has 1 rings (SSSR count). The van der Waals surface area contributed by atoms with Crippen molar-refractivity contribution in [3.05, 3.63) is 23.4 Å². The number of rotatable bonds is 1. The average Bonchev–Trinajstić information content (AvgIpc) is 2.01. The summed E-state index contributed by atoms with van der Waals surface area (Å²) >= 11 is -2.35. The van der Waals surface area contributed by atoms with Crippen molar-refractivity contribution in [2.45, 2.75) is 18.1 Å². The van der Waals surface area contributed by atoms with Crippen molar-refractivity contribution in [3.8, 4) is 0 Å². The summed E-state index contributed by atoms with van der Waals surface area (Å²) in [7, 11) is 0. The maximum atomic E-state index is 12.1. The summed E-state index contributed by atoms with van der Waals surface area (Å²) < 4.78 is 55.5. The molecule has 0 saturated heterocycles. The predicted molar refractivity (Wildman–Crippen MR) is 43.0 cm³/mol. The van der Waals surface area contributed by atoms with Gasteiger partial charge >= 0.3 is 6.18 Å². The van der Waals surface area contributed by atoms with Crippen LogP contribution in [0.1, 0.15) is 11.1 Å². The van der Waals surface area contributed by atoms with E-state index in [2.05, 4.69) is 4.98 Å². The minimum atomic E-state index is -4.48. The summed E-state index contributed by atoms with van der Waals surface area (Å²) in [6.07, 6.45) is -3.94. The van der Waals surface area contributed by atoms with E-state index in [1.807, 2.05) is 0 Å². The van der Waals surface area contributed by atoms with Gasteiger partial charge in [0.15, 0.2) is 5.03 Å². The lowest BCUT2D eigenvalue weighted by Gasteiger charge is -2.07. The summed E-state index contributed by atoms with van der Waals surface area (Å²) in [5.41, 5.74) is -0.884. The van der Waals surface area contributed by atoms with Crippen molar-refractivity contribution in [2.75, 3.05) is 0 Å². The first-order valence-corrected chi connectivity index (χ1v) is 4.57. The van der Waals surface area contributed by atoms with E-state index in [9.17, 15) is 17.4 Å². The molecule has 1 unspecified atom stereocenters. The first kappa shape index (κ1) is 11.1. The zero-order valence-electron chi connectivity index (χ0n) is 7.00. The third-order valence-corrected chi connectivity index (χ3v) is 2.28. The van der Waals surface area contributed by atoms with Crippen LogP contribution in [0, 0.1) is 6.92 Å². The second-order valence-electron chi connectivity index (χ2n) is 2.59. The molecule has 1 aromatic heterocycles. The van der Waals surface area contributed by atoms with Crippen LogP contribution in [-0.2, 0) is 17.3 Å². The quantitative estimate of drug-likeness (QED) is 0.743. The summed E-state index contributed by atoms with van der Waals surface area (Å²) in [5, 5.41) is -0.252. The Morgan fingerprint density at radius 1 is 1.50 bits per heavy atom. The highest BCUT2D eigenvalue weighted by Gasteiger charge is 2.31. The van der Waals surface area contributed by atoms with Crippen LogP contribution in [0.5, 0.6) is 0 Å². The number of halogens is 3. The lowest BCUT2D eigenvalue weighted by Crippen LogP contribution is -2.08. The van der Waals surface area contributed by atoms with Gasteiger partial charge in [0.1, 0.15) is 0 Å². The molecule has 0 spiro atoms. The first-order chi connectivity index (χ1) is 6.32. The van der Waals surface area contributed by atoms with Crippen LogP contribution in [0.15, 0.2) is 17.3 Å². The molecule has 7 heteroatoms. The van der Waals surface area contributed by atoms with Gasteiger partial charge in [-0.2, -0.15) is 13.2 Å². The fourth-order valence-electron chi connectivity index (χ4n) is 0.900. The molecule has 0 aliphatic heterocycles. The Hall–Kier alpha value is -0.950. The van der Waals surface area contributed by atoms with Crippen LogP contribution in [0.4, 0.5) is 13.2 Å². The average molecular weight is 225 g/mol. The molecule has 14 heavy (non-hydrogen) atoms. The zero-order chi connectivity index (χ0) is 10.9. The molecule has 3 nitrogen and oxygen atoms in total. The highest BCUT2D eigenvalue weighted by molar-refractivity contribution is 7.79. The van der Waals surface area contributed by atoms with Crippen LogP contribution >= 0.6 is 0 Å². The highest BCUT2D eigenvalue weighted by atomic mass is 32.2. The van der Waals surface area contributed by atoms with Gasteiger partial charge in [-0.3, -0.25) is 0 Å². The second-order valence-corrected chi connectivity index (χ2v) is 3.48. The molecule has 1 N–H and O–H groups in total. The molecule has 0 radical (unpaired) electrons. The molecule has 0 aliphatic carbocycles. The lowest BCUT2D eigenvalue weighted by molar-refractivity contribution is -0.137. The molecule has 1 heterocycles. The van der Waals surface area contributed by atoms with Crippen molar-refractivity contribution in [2.24, 2.45) is 0 Å². The van der Waals surface area contributed by atoms with Crippen LogP contribution in [-0.4, -0.2) is 13.7 Å². The van der Waals surface area contributed by atoms with Gasteiger partial charge in [0, 0.05) is 6.20 Å². The Morgan fingerprint density at radius 2 is 2.07 bits per heavy atom. The SMILES string of the molecule is Cc1cc(C(F)(F)F)cnc1S(=O)O. The van der Waals surface area contributed by atoms with Crippen LogP contribution < -0.4 is 0 Å². The third-order valence-electron chi connectivity index (χ3n) is 1.52. The fraction of sp³-hybridized carbons (Fsp3) is 0.286. The molecule has 0 bridgehead atoms. The van der Waals surface area contributed by atoms with Gasteiger partial charge in [-0.25, -0.2) is 9.19 Å². The Morgan fingerprint density at radius 3 is 2.43 bits per heavy atom. The highest BCUT2D eigenvalue weighted by Crippen LogP contribution is 2.29. The molecule has 1 aromatic rings. The van der Waals surface area contributed by atoms with Crippen molar-refractivity contribution >= 4 is 11.1 Å². The molecule has 0 aliphatic rings. The van der Waals surface area contributed by atoms with Crippen LogP contribution in [0.3, 0.4) is 0 Å². The lowest BCUT2D eigenvalue weighted by atomic mass is 10.2. The Bertz CT molecular complexity index is 378. The molecular formula is C7H6F3NO2S. The standard InChI is InChI=1S/C7H6F3NO2S/c1-4-2-5(7(8,9)10)3-11-6(4)14(12)13/h2-3H,1H3,(H,12,13). The van der Waals surface area contributed by atoms with Crippen molar-refractivity contribution in [1.29, 1.82) is 0 Å². The van der Waals surface area contributed by atoms with Gasteiger partial charge in [0.05, 0.1) is 5.56 Å². The van der Waals surface area contributed by atoms with Crippen LogP contribution in [0.2, 0.25) is 0 Å². The fourth-order valence-corrected chi connectivity index (χ4v) is 1.38. The number of aryl methyl sites for hydroxylation is 1. The smallest absolute Gasteiger partial charge is 0.301 e. The van der Waals surface area contributed by atoms with Crippen molar-refractivity contribution in [1.82, 2.24) is 4.98 Å². The minimum absolute atomic E-state index is 0.0423. The molecule has 78 valence electrons. The second kappa shape index (κ2) is 3.66. The van der Waals surface area contributed by atoms with E-state index in [0.29, 0.717) is 6.20 Å². The molecule has 1 atom stereocenters. The van der Waals surface area contributed by atoms with Gasteiger partial charge in [-0.05, 0) is 18.6 Å². The maximum Gasteiger partial charge on any atom is 0.417 e. The Labute approximate surface area is 80.3 Å². The van der Waals surface area contributed by atoms with Gasteiger partial charge in [0.2, 0.25) is 11.1 Å². The van der Waals surface area contributed by atoms with Crippen molar-refractivity contribution in [3.63, 3.8) is 0 Å². The zero-order valence-corrected chi connectivity index (χ0v) is 7.82. The van der Waals surface area contributed by atoms with Gasteiger partial charge in [0.25, 0.3) is 0 Å². The van der Waals surface area contributed by atoms with E-state index in [0.717, 1.165) is 6.07 Å². The number of nitrogens with zero attached hydrogens (tertiary/aromatic N) is 1. The first-order valence-electron chi connectivity index (χ1n) is 3.47. The summed E-state index contributed by atoms with van der Waals surface area (Å²) in [5.74, 6) is 0. The Kier molecular flexibility index (Phi) is 2.91. The van der Waals surface area contributed by atoms with Gasteiger partial charge in [-0.15, -0.1) is 0 Å².